The summed E-state index contributed by atoms with van der Waals surface area (Å²) in [5, 5.41) is 15.2. The zero-order valence-electron chi connectivity index (χ0n) is 24.2. The van der Waals surface area contributed by atoms with Crippen LogP contribution in [0.4, 0.5) is 10.7 Å². The second-order valence-corrected chi connectivity index (χ2v) is 11.7. The lowest BCUT2D eigenvalue weighted by Crippen LogP contribution is -2.38. The van der Waals surface area contributed by atoms with Crippen molar-refractivity contribution < 1.29 is 24.2 Å². The van der Waals surface area contributed by atoms with Crippen molar-refractivity contribution in [3.05, 3.63) is 101 Å². The lowest BCUT2D eigenvalue weighted by molar-refractivity contribution is -0.115. The first-order valence-corrected chi connectivity index (χ1v) is 15.3. The van der Waals surface area contributed by atoms with E-state index < -0.39 is 11.9 Å². The second kappa shape index (κ2) is 13.7. The maximum absolute atomic E-state index is 12.1. The number of nitrogens with zero attached hydrogens (tertiary/aromatic N) is 4. The minimum absolute atomic E-state index is 0.149. The average molecular weight is 623 g/mol. The molecular weight excluding hydrogens is 592 g/mol. The molecule has 2 aromatic heterocycles. The van der Waals surface area contributed by atoms with Crippen LogP contribution in [0.3, 0.4) is 0 Å². The number of carboxylic acid groups (broad SMARTS) is 1. The van der Waals surface area contributed by atoms with Crippen LogP contribution in [-0.2, 0) is 11.3 Å². The molecule has 0 saturated carbocycles. The van der Waals surface area contributed by atoms with Crippen LogP contribution in [0.5, 0.6) is 11.5 Å². The number of carbonyl (C=O) groups is 3. The molecule has 12 heteroatoms. The van der Waals surface area contributed by atoms with Crippen LogP contribution in [0.2, 0.25) is 0 Å². The Bertz CT molecular complexity index is 1740. The summed E-state index contributed by atoms with van der Waals surface area (Å²) in [5.74, 6) is 0.970. The standard InChI is InChI=1S/C33H30N6O5S/c40-30-28(45-33(43)38-30)17-24-10-13-35-32(37-24)39-14-11-21(12-15-39)18-34-19-22-16-27(31(41)42)29(36-20-22)23-6-8-26(9-7-23)44-25-4-2-1-3-5-25/h1-10,13,16-17,20-21,34H,11-12,14-15,18-19H2,(H,41,42)(H,38,40,43)/b28-17+. The van der Waals surface area contributed by atoms with Crippen LogP contribution in [0.1, 0.15) is 34.5 Å². The number of piperidine rings is 1. The van der Waals surface area contributed by atoms with Crippen molar-refractivity contribution >= 4 is 40.9 Å². The number of rotatable bonds is 10. The molecule has 2 saturated heterocycles. The predicted octanol–water partition coefficient (Wildman–Crippen LogP) is 5.36. The third kappa shape index (κ3) is 7.54. The number of aromatic carboxylic acids is 1. The number of nitrogens with one attached hydrogen (secondary N) is 2. The van der Waals surface area contributed by atoms with Crippen molar-refractivity contribution in [2.24, 2.45) is 5.92 Å². The molecule has 2 aliphatic heterocycles. The third-order valence-corrected chi connectivity index (χ3v) is 8.34. The van der Waals surface area contributed by atoms with Gasteiger partial charge in [0, 0.05) is 37.6 Å². The molecule has 0 radical (unpaired) electrons. The molecule has 0 atom stereocenters. The van der Waals surface area contributed by atoms with Gasteiger partial charge in [-0.25, -0.2) is 14.8 Å². The normalized spacial score (nSPS) is 16.2. The maximum atomic E-state index is 12.1. The quantitative estimate of drug-likeness (QED) is 0.196. The Hall–Kier alpha value is -5.07. The Balaban J connectivity index is 1.01. The van der Waals surface area contributed by atoms with E-state index >= 15 is 0 Å². The van der Waals surface area contributed by atoms with Crippen LogP contribution in [0, 0.1) is 5.92 Å². The number of aromatic nitrogens is 3. The summed E-state index contributed by atoms with van der Waals surface area (Å²) in [5.41, 5.74) is 2.63. The van der Waals surface area contributed by atoms with Gasteiger partial charge in [-0.15, -0.1) is 0 Å². The van der Waals surface area contributed by atoms with Crippen molar-refractivity contribution in [1.29, 1.82) is 0 Å². The average Bonchev–Trinajstić information content (AvgIpc) is 3.38. The number of hydrogen-bond donors (Lipinski definition) is 3. The number of amides is 2. The molecule has 0 aliphatic carbocycles. The molecule has 2 amide bonds. The summed E-state index contributed by atoms with van der Waals surface area (Å²) in [6, 6.07) is 20.1. The Kier molecular flexibility index (Phi) is 9.13. The van der Waals surface area contributed by atoms with Gasteiger partial charge >= 0.3 is 5.97 Å². The van der Waals surface area contributed by atoms with Crippen molar-refractivity contribution in [1.82, 2.24) is 25.6 Å². The summed E-state index contributed by atoms with van der Waals surface area (Å²) >= 11 is 0.862. The van der Waals surface area contributed by atoms with Gasteiger partial charge in [0.2, 0.25) is 5.95 Å². The number of imide groups is 1. The van der Waals surface area contributed by atoms with E-state index in [-0.39, 0.29) is 10.8 Å². The van der Waals surface area contributed by atoms with Crippen LogP contribution in [0.25, 0.3) is 17.3 Å². The van der Waals surface area contributed by atoms with Crippen molar-refractivity contribution in [3.63, 3.8) is 0 Å². The predicted molar refractivity (Wildman–Crippen MR) is 171 cm³/mol. The molecule has 0 spiro atoms. The first-order chi connectivity index (χ1) is 21.9. The Morgan fingerprint density at radius 2 is 1.80 bits per heavy atom. The number of thioether (sulfide) groups is 1. The number of carbonyl (C=O) groups excluding carboxylic acids is 2. The summed E-state index contributed by atoms with van der Waals surface area (Å²) in [6.07, 6.45) is 6.85. The van der Waals surface area contributed by atoms with E-state index in [1.54, 1.807) is 42.7 Å². The van der Waals surface area contributed by atoms with Crippen LogP contribution >= 0.6 is 11.8 Å². The second-order valence-electron chi connectivity index (χ2n) is 10.7. The van der Waals surface area contributed by atoms with E-state index in [1.165, 1.54) is 0 Å². The van der Waals surface area contributed by atoms with Crippen molar-refractivity contribution in [2.75, 3.05) is 24.5 Å². The number of ether oxygens (including phenoxy) is 1. The SMILES string of the molecule is O=C1NC(=O)/C(=C\c2ccnc(N3CCC(CNCc4cnc(-c5ccc(Oc6ccccc6)cc5)c(C(=O)O)c4)CC3)n2)S1. The molecule has 0 bridgehead atoms. The van der Waals surface area contributed by atoms with E-state index in [1.807, 2.05) is 42.5 Å². The Labute approximate surface area is 263 Å². The molecule has 4 heterocycles. The lowest BCUT2D eigenvalue weighted by atomic mass is 9.97. The summed E-state index contributed by atoms with van der Waals surface area (Å²) in [7, 11) is 0. The summed E-state index contributed by atoms with van der Waals surface area (Å²) in [4.78, 5) is 51.3. The molecule has 2 fully saturated rings. The number of hydrogen-bond acceptors (Lipinski definition) is 10. The number of carboxylic acids is 1. The van der Waals surface area contributed by atoms with Gasteiger partial charge in [-0.1, -0.05) is 18.2 Å². The number of para-hydroxylation sites is 1. The zero-order valence-corrected chi connectivity index (χ0v) is 25.0. The minimum Gasteiger partial charge on any atom is -0.478 e. The highest BCUT2D eigenvalue weighted by Gasteiger charge is 2.26. The molecule has 11 nitrogen and oxygen atoms in total. The van der Waals surface area contributed by atoms with Crippen molar-refractivity contribution in [2.45, 2.75) is 19.4 Å². The van der Waals surface area contributed by atoms with E-state index in [4.69, 9.17) is 4.74 Å². The maximum Gasteiger partial charge on any atom is 0.337 e. The van der Waals surface area contributed by atoms with Gasteiger partial charge in [-0.2, -0.15) is 0 Å². The largest absolute Gasteiger partial charge is 0.478 e. The van der Waals surface area contributed by atoms with E-state index in [9.17, 15) is 19.5 Å². The molecule has 4 aromatic rings. The molecule has 228 valence electrons. The van der Waals surface area contributed by atoms with Gasteiger partial charge in [-0.3, -0.25) is 19.9 Å². The van der Waals surface area contributed by atoms with Crippen LogP contribution in [0.15, 0.2) is 84.0 Å². The van der Waals surface area contributed by atoms with Gasteiger partial charge in [-0.05, 0) is 97.2 Å². The van der Waals surface area contributed by atoms with E-state index in [0.29, 0.717) is 46.0 Å². The number of benzene rings is 2. The highest BCUT2D eigenvalue weighted by Crippen LogP contribution is 2.28. The highest BCUT2D eigenvalue weighted by atomic mass is 32.2. The first-order valence-electron chi connectivity index (χ1n) is 14.5. The zero-order chi connectivity index (χ0) is 31.2. The van der Waals surface area contributed by atoms with E-state index in [0.717, 1.165) is 55.6 Å². The fourth-order valence-corrected chi connectivity index (χ4v) is 5.88. The van der Waals surface area contributed by atoms with Gasteiger partial charge in [0.25, 0.3) is 11.1 Å². The highest BCUT2D eigenvalue weighted by molar-refractivity contribution is 8.18. The summed E-state index contributed by atoms with van der Waals surface area (Å²) in [6.45, 7) is 2.86. The van der Waals surface area contributed by atoms with Gasteiger partial charge < -0.3 is 20.1 Å². The molecule has 2 aliphatic rings. The fourth-order valence-electron chi connectivity index (χ4n) is 5.21. The Morgan fingerprint density at radius 3 is 2.51 bits per heavy atom. The Morgan fingerprint density at radius 1 is 1.04 bits per heavy atom. The number of anilines is 1. The van der Waals surface area contributed by atoms with E-state index in [2.05, 4.69) is 30.5 Å². The molecular formula is C33H30N6O5S. The first kappa shape index (κ1) is 30.0. The van der Waals surface area contributed by atoms with Gasteiger partial charge in [0.05, 0.1) is 21.9 Å². The molecule has 0 unspecified atom stereocenters. The molecule has 3 N–H and O–H groups in total. The van der Waals surface area contributed by atoms with Crippen molar-refractivity contribution in [3.8, 4) is 22.8 Å². The molecule has 2 aromatic carbocycles. The van der Waals surface area contributed by atoms with Gasteiger partial charge in [0.15, 0.2) is 0 Å². The smallest absolute Gasteiger partial charge is 0.337 e. The topological polar surface area (TPSA) is 147 Å². The molecule has 45 heavy (non-hydrogen) atoms. The number of pyridine rings is 1. The third-order valence-electron chi connectivity index (χ3n) is 7.53. The fraction of sp³-hybridized carbons (Fsp3) is 0.212. The van der Waals surface area contributed by atoms with Gasteiger partial charge in [0.1, 0.15) is 11.5 Å². The van der Waals surface area contributed by atoms with Crippen LogP contribution < -0.4 is 20.3 Å². The monoisotopic (exact) mass is 622 g/mol. The minimum atomic E-state index is -1.03. The van der Waals surface area contributed by atoms with Crippen LogP contribution in [-0.4, -0.2) is 56.8 Å². The molecule has 6 rings (SSSR count). The lowest BCUT2D eigenvalue weighted by Gasteiger charge is -2.32. The summed E-state index contributed by atoms with van der Waals surface area (Å²) < 4.78 is 5.84.